The highest BCUT2D eigenvalue weighted by atomic mass is 32.2. The molecule has 1 aromatic heterocycles. The number of likely N-dealkylation sites (tertiary alicyclic amines) is 1. The van der Waals surface area contributed by atoms with Crippen molar-refractivity contribution >= 4 is 49.7 Å². The number of nitrogens with zero attached hydrogens (tertiary/aromatic N) is 3. The number of nitro benzene ring substituents is 1. The van der Waals surface area contributed by atoms with Gasteiger partial charge in [0.25, 0.3) is 5.69 Å². The number of nitrogens with one attached hydrogen (secondary N) is 1. The van der Waals surface area contributed by atoms with Crippen LogP contribution in [0.25, 0.3) is 0 Å². The average Bonchev–Trinajstić information content (AvgIpc) is 3.56. The normalized spacial score (nSPS) is 25.5. The van der Waals surface area contributed by atoms with Gasteiger partial charge in [0.15, 0.2) is 5.13 Å². The molecule has 33 heavy (non-hydrogen) atoms. The summed E-state index contributed by atoms with van der Waals surface area (Å²) in [5.41, 5.74) is -0.245. The lowest BCUT2D eigenvalue weighted by atomic mass is 9.85. The highest BCUT2D eigenvalue weighted by molar-refractivity contribution is 7.93. The number of carbonyl (C=O) groups is 3. The van der Waals surface area contributed by atoms with Crippen LogP contribution in [0.2, 0.25) is 0 Å². The number of benzene rings is 1. The van der Waals surface area contributed by atoms with Crippen molar-refractivity contribution in [3.63, 3.8) is 0 Å². The molecule has 1 saturated heterocycles. The molecule has 1 N–H and O–H groups in total. The summed E-state index contributed by atoms with van der Waals surface area (Å²) in [7, 11) is -4.00. The number of sulfone groups is 1. The number of nitro groups is 1. The number of non-ortho nitro benzene ring substituents is 1. The molecule has 170 valence electrons. The second kappa shape index (κ2) is 7.56. The lowest BCUT2D eigenvalue weighted by molar-refractivity contribution is -0.384. The van der Waals surface area contributed by atoms with Gasteiger partial charge in [0.05, 0.1) is 27.9 Å². The minimum atomic E-state index is -4.00. The van der Waals surface area contributed by atoms with Crippen molar-refractivity contribution in [1.82, 2.24) is 9.88 Å². The Labute approximate surface area is 191 Å². The van der Waals surface area contributed by atoms with Crippen LogP contribution in [0.15, 0.2) is 51.7 Å². The maximum atomic E-state index is 12.7. The molecular formula is C20H16N4O7S2. The first-order valence-corrected chi connectivity index (χ1v) is 12.3. The van der Waals surface area contributed by atoms with Gasteiger partial charge in [-0.15, -0.1) is 0 Å². The van der Waals surface area contributed by atoms with Crippen LogP contribution in [0.3, 0.4) is 0 Å². The molecule has 3 amide bonds. The standard InChI is InChI=1S/C20H16N4O7S2/c25-14(9-23-18(26)16-10-1-2-11(7-10)17(16)19(23)27)22-20-21-8-15(32-20)33(30,31)13-5-3-12(4-6-13)24(28)29/h1-6,8,10-11,16-17H,7,9H2,(H,21,22,25)/t10-,11-,16-,17-/m0/s1. The number of carbonyl (C=O) groups excluding carboxylic acids is 3. The smallest absolute Gasteiger partial charge is 0.269 e. The van der Waals surface area contributed by atoms with E-state index in [2.05, 4.69) is 10.3 Å². The summed E-state index contributed by atoms with van der Waals surface area (Å²) in [6.07, 6.45) is 5.78. The summed E-state index contributed by atoms with van der Waals surface area (Å²) in [4.78, 5) is 52.7. The molecule has 0 radical (unpaired) electrons. The van der Waals surface area contributed by atoms with Crippen molar-refractivity contribution in [2.75, 3.05) is 11.9 Å². The van der Waals surface area contributed by atoms with Gasteiger partial charge in [0, 0.05) is 12.1 Å². The number of hydrogen-bond donors (Lipinski definition) is 1. The number of fused-ring (bicyclic) bond motifs is 5. The summed E-state index contributed by atoms with van der Waals surface area (Å²) in [5, 5.41) is 13.2. The molecule has 4 atom stereocenters. The van der Waals surface area contributed by atoms with E-state index in [1.54, 1.807) is 0 Å². The molecule has 11 nitrogen and oxygen atoms in total. The summed E-state index contributed by atoms with van der Waals surface area (Å²) in [6.45, 7) is -0.464. The number of thiazole rings is 1. The van der Waals surface area contributed by atoms with E-state index < -0.39 is 39.0 Å². The molecule has 2 fully saturated rings. The molecule has 2 bridgehead atoms. The minimum Gasteiger partial charge on any atom is -0.300 e. The van der Waals surface area contributed by atoms with E-state index in [1.165, 1.54) is 0 Å². The Bertz CT molecular complexity index is 1300. The molecule has 3 aliphatic rings. The Morgan fingerprint density at radius 2 is 1.76 bits per heavy atom. The summed E-state index contributed by atoms with van der Waals surface area (Å²) in [6, 6.07) is 4.40. The summed E-state index contributed by atoms with van der Waals surface area (Å²) >= 11 is 0.697. The highest BCUT2D eigenvalue weighted by Gasteiger charge is 2.59. The minimum absolute atomic E-state index is 0.0125. The molecule has 2 aliphatic carbocycles. The van der Waals surface area contributed by atoms with E-state index in [1.807, 2.05) is 12.2 Å². The molecule has 1 saturated carbocycles. The second-order valence-corrected chi connectivity index (χ2v) is 11.3. The fourth-order valence-electron chi connectivity index (χ4n) is 4.73. The van der Waals surface area contributed by atoms with Crippen LogP contribution in [-0.4, -0.2) is 47.5 Å². The van der Waals surface area contributed by atoms with Gasteiger partial charge in [0.1, 0.15) is 10.8 Å². The predicted octanol–water partition coefficient (Wildman–Crippen LogP) is 1.63. The third kappa shape index (κ3) is 3.43. The average molecular weight is 489 g/mol. The Hall–Kier alpha value is -3.45. The quantitative estimate of drug-likeness (QED) is 0.278. The first kappa shape index (κ1) is 21.4. The molecule has 2 heterocycles. The van der Waals surface area contributed by atoms with Gasteiger partial charge in [0.2, 0.25) is 27.6 Å². The van der Waals surface area contributed by atoms with Crippen LogP contribution < -0.4 is 5.32 Å². The number of allylic oxidation sites excluding steroid dienone is 2. The first-order valence-electron chi connectivity index (χ1n) is 9.95. The van der Waals surface area contributed by atoms with Crippen LogP contribution in [0.5, 0.6) is 0 Å². The highest BCUT2D eigenvalue weighted by Crippen LogP contribution is 2.52. The summed E-state index contributed by atoms with van der Waals surface area (Å²) < 4.78 is 25.3. The van der Waals surface area contributed by atoms with Crippen LogP contribution in [-0.2, 0) is 24.2 Å². The lowest BCUT2D eigenvalue weighted by Gasteiger charge is -2.16. The van der Waals surface area contributed by atoms with Crippen LogP contribution in [0.4, 0.5) is 10.8 Å². The largest absolute Gasteiger partial charge is 0.300 e. The molecule has 0 unspecified atom stereocenters. The van der Waals surface area contributed by atoms with E-state index in [-0.39, 0.29) is 43.6 Å². The second-order valence-electron chi connectivity index (χ2n) is 8.05. The topological polar surface area (TPSA) is 157 Å². The maximum absolute atomic E-state index is 12.7. The molecule has 5 rings (SSSR count). The van der Waals surface area contributed by atoms with Crippen molar-refractivity contribution in [1.29, 1.82) is 0 Å². The Morgan fingerprint density at radius 1 is 1.15 bits per heavy atom. The zero-order valence-corrected chi connectivity index (χ0v) is 18.4. The fraction of sp³-hybridized carbons (Fsp3) is 0.300. The van der Waals surface area contributed by atoms with E-state index in [9.17, 15) is 32.9 Å². The van der Waals surface area contributed by atoms with Crippen LogP contribution in [0.1, 0.15) is 6.42 Å². The molecule has 0 spiro atoms. The van der Waals surface area contributed by atoms with E-state index >= 15 is 0 Å². The Balaban J connectivity index is 1.26. The van der Waals surface area contributed by atoms with Crippen LogP contribution >= 0.6 is 11.3 Å². The predicted molar refractivity (Wildman–Crippen MR) is 114 cm³/mol. The van der Waals surface area contributed by atoms with Gasteiger partial charge in [-0.1, -0.05) is 23.5 Å². The monoisotopic (exact) mass is 488 g/mol. The lowest BCUT2D eigenvalue weighted by Crippen LogP contribution is -2.39. The van der Waals surface area contributed by atoms with E-state index in [4.69, 9.17) is 0 Å². The van der Waals surface area contributed by atoms with E-state index in [0.29, 0.717) is 11.3 Å². The van der Waals surface area contributed by atoms with Gasteiger partial charge < -0.3 is 5.32 Å². The van der Waals surface area contributed by atoms with Crippen molar-refractivity contribution < 1.29 is 27.7 Å². The maximum Gasteiger partial charge on any atom is 0.269 e. The SMILES string of the molecule is O=C(CN1C(=O)[C@@H]2[C@@H](C1=O)[C@H]1C=C[C@H]2C1)Nc1ncc(S(=O)(=O)c2ccc([N+](=O)[O-])cc2)s1. The van der Waals surface area contributed by atoms with Crippen molar-refractivity contribution in [3.8, 4) is 0 Å². The molecule has 1 aromatic carbocycles. The van der Waals surface area contributed by atoms with E-state index in [0.717, 1.165) is 41.8 Å². The number of amides is 3. The summed E-state index contributed by atoms with van der Waals surface area (Å²) in [5.74, 6) is -2.09. The van der Waals surface area contributed by atoms with Crippen molar-refractivity contribution in [2.45, 2.75) is 15.5 Å². The molecule has 2 aromatic rings. The van der Waals surface area contributed by atoms with Crippen molar-refractivity contribution in [3.05, 3.63) is 52.7 Å². The third-order valence-electron chi connectivity index (χ3n) is 6.22. The molecule has 13 heteroatoms. The number of aromatic nitrogens is 1. The fourth-order valence-corrected chi connectivity index (χ4v) is 7.18. The number of hydrogen-bond acceptors (Lipinski definition) is 9. The number of rotatable bonds is 6. The van der Waals surface area contributed by atoms with Gasteiger partial charge in [-0.25, -0.2) is 13.4 Å². The Morgan fingerprint density at radius 3 is 2.33 bits per heavy atom. The van der Waals surface area contributed by atoms with Gasteiger partial charge in [-0.2, -0.15) is 0 Å². The number of anilines is 1. The van der Waals surface area contributed by atoms with Gasteiger partial charge in [-0.05, 0) is 30.4 Å². The van der Waals surface area contributed by atoms with Gasteiger partial charge in [-0.3, -0.25) is 29.4 Å². The zero-order valence-electron chi connectivity index (χ0n) is 16.8. The molecule has 1 aliphatic heterocycles. The number of imide groups is 1. The molecular weight excluding hydrogens is 472 g/mol. The third-order valence-corrected chi connectivity index (χ3v) is 9.36. The van der Waals surface area contributed by atoms with Crippen LogP contribution in [0, 0.1) is 33.8 Å². The zero-order chi connectivity index (χ0) is 23.5. The first-order chi connectivity index (χ1) is 15.7. The van der Waals surface area contributed by atoms with Crippen molar-refractivity contribution in [2.24, 2.45) is 23.7 Å². The van der Waals surface area contributed by atoms with Gasteiger partial charge >= 0.3 is 0 Å². The Kier molecular flexibility index (Phi) is 4.90.